The van der Waals surface area contributed by atoms with E-state index in [1.807, 2.05) is 24.0 Å². The fourth-order valence-corrected chi connectivity index (χ4v) is 2.88. The summed E-state index contributed by atoms with van der Waals surface area (Å²) in [6.07, 6.45) is 1.87. The summed E-state index contributed by atoms with van der Waals surface area (Å²) < 4.78 is 0. The van der Waals surface area contributed by atoms with Crippen molar-refractivity contribution in [1.82, 2.24) is 4.98 Å². The number of benzene rings is 1. The van der Waals surface area contributed by atoms with Gasteiger partial charge in [0.15, 0.2) is 0 Å². The van der Waals surface area contributed by atoms with Gasteiger partial charge in [-0.25, -0.2) is 0 Å². The number of nitrogens with one attached hydrogen (secondary N) is 1. The molecule has 0 radical (unpaired) electrons. The van der Waals surface area contributed by atoms with Gasteiger partial charge in [-0.15, -0.1) is 11.8 Å². The number of nitrogens with zero attached hydrogens (tertiary/aromatic N) is 1. The highest BCUT2D eigenvalue weighted by molar-refractivity contribution is 7.98. The van der Waals surface area contributed by atoms with E-state index in [1.165, 1.54) is 10.5 Å². The van der Waals surface area contributed by atoms with E-state index in [2.05, 4.69) is 68.3 Å². The molecule has 0 saturated heterocycles. The minimum absolute atomic E-state index is 0.213. The molecule has 1 heterocycles. The molecule has 2 aromatic rings. The third-order valence-corrected chi connectivity index (χ3v) is 4.35. The molecular weight excluding hydrogens is 276 g/mol. The number of pyridine rings is 1. The number of thioether (sulfide) groups is 1. The Morgan fingerprint density at radius 2 is 1.81 bits per heavy atom. The van der Waals surface area contributed by atoms with E-state index >= 15 is 0 Å². The van der Waals surface area contributed by atoms with Crippen LogP contribution in [0, 0.1) is 0 Å². The molecule has 0 spiro atoms. The maximum absolute atomic E-state index is 4.43. The lowest BCUT2D eigenvalue weighted by molar-refractivity contribution is 0.590. The third kappa shape index (κ3) is 4.78. The maximum atomic E-state index is 4.43. The minimum atomic E-state index is 0.213. The fraction of sp³-hybridized carbons (Fsp3) is 0.389. The second kappa shape index (κ2) is 6.99. The molecule has 1 aromatic carbocycles. The highest BCUT2D eigenvalue weighted by Crippen LogP contribution is 2.27. The predicted octanol–water partition coefficient (Wildman–Crippen LogP) is 5.10. The van der Waals surface area contributed by atoms with Crippen molar-refractivity contribution in [3.8, 4) is 0 Å². The zero-order valence-corrected chi connectivity index (χ0v) is 14.1. The van der Waals surface area contributed by atoms with E-state index in [0.29, 0.717) is 0 Å². The SMILES string of the molecule is CCNc1ccnc(CSc2ccc(C(C)(C)C)cc2)c1. The number of hydrogen-bond acceptors (Lipinski definition) is 3. The van der Waals surface area contributed by atoms with Gasteiger partial charge in [0.2, 0.25) is 0 Å². The fourth-order valence-electron chi connectivity index (χ4n) is 2.08. The third-order valence-electron chi connectivity index (χ3n) is 3.30. The zero-order chi connectivity index (χ0) is 15.3. The lowest BCUT2D eigenvalue weighted by atomic mass is 9.87. The van der Waals surface area contributed by atoms with Gasteiger partial charge in [-0.2, -0.15) is 0 Å². The Kier molecular flexibility index (Phi) is 5.29. The summed E-state index contributed by atoms with van der Waals surface area (Å²) in [6, 6.07) is 13.0. The Hall–Kier alpha value is -1.48. The molecule has 0 aliphatic rings. The monoisotopic (exact) mass is 300 g/mol. The molecule has 2 nitrogen and oxygen atoms in total. The van der Waals surface area contributed by atoms with Gasteiger partial charge in [0.25, 0.3) is 0 Å². The first kappa shape index (κ1) is 15.9. The summed E-state index contributed by atoms with van der Waals surface area (Å²) in [5.74, 6) is 0.897. The van der Waals surface area contributed by atoms with Crippen LogP contribution in [0.1, 0.15) is 39.0 Å². The van der Waals surface area contributed by atoms with Crippen LogP contribution < -0.4 is 5.32 Å². The summed E-state index contributed by atoms with van der Waals surface area (Å²) in [5, 5.41) is 3.32. The molecule has 112 valence electrons. The van der Waals surface area contributed by atoms with Crippen molar-refractivity contribution in [3.63, 3.8) is 0 Å². The Morgan fingerprint density at radius 3 is 2.43 bits per heavy atom. The molecule has 0 aliphatic heterocycles. The lowest BCUT2D eigenvalue weighted by Crippen LogP contribution is -2.10. The molecular formula is C18H24N2S. The number of rotatable bonds is 5. The Bertz CT molecular complexity index is 571. The average Bonchev–Trinajstić information content (AvgIpc) is 2.45. The van der Waals surface area contributed by atoms with Crippen molar-refractivity contribution < 1.29 is 0 Å². The van der Waals surface area contributed by atoms with Gasteiger partial charge in [-0.05, 0) is 42.2 Å². The summed E-state index contributed by atoms with van der Waals surface area (Å²) >= 11 is 1.83. The number of anilines is 1. The molecule has 0 aliphatic carbocycles. The van der Waals surface area contributed by atoms with Crippen LogP contribution >= 0.6 is 11.8 Å². The highest BCUT2D eigenvalue weighted by Gasteiger charge is 2.12. The van der Waals surface area contributed by atoms with Crippen molar-refractivity contribution >= 4 is 17.4 Å². The molecule has 3 heteroatoms. The molecule has 0 unspecified atom stereocenters. The normalized spacial score (nSPS) is 11.4. The number of aromatic nitrogens is 1. The summed E-state index contributed by atoms with van der Waals surface area (Å²) in [4.78, 5) is 5.72. The molecule has 0 atom stereocenters. The van der Waals surface area contributed by atoms with Crippen LogP contribution in [0.3, 0.4) is 0 Å². The smallest absolute Gasteiger partial charge is 0.0526 e. The molecule has 1 N–H and O–H groups in total. The van der Waals surface area contributed by atoms with Gasteiger partial charge < -0.3 is 5.32 Å². The standard InChI is InChI=1S/C18H24N2S/c1-5-19-15-10-11-20-16(12-15)13-21-17-8-6-14(7-9-17)18(2,3)4/h6-12H,5,13H2,1-4H3,(H,19,20). The van der Waals surface area contributed by atoms with Crippen LogP contribution in [0.2, 0.25) is 0 Å². The maximum Gasteiger partial charge on any atom is 0.0526 e. The molecule has 21 heavy (non-hydrogen) atoms. The number of hydrogen-bond donors (Lipinski definition) is 1. The molecule has 0 saturated carbocycles. The van der Waals surface area contributed by atoms with Crippen LogP contribution in [0.5, 0.6) is 0 Å². The topological polar surface area (TPSA) is 24.9 Å². The van der Waals surface area contributed by atoms with Crippen molar-refractivity contribution in [2.24, 2.45) is 0 Å². The summed E-state index contributed by atoms with van der Waals surface area (Å²) in [7, 11) is 0. The van der Waals surface area contributed by atoms with Crippen molar-refractivity contribution in [2.45, 2.75) is 43.8 Å². The van der Waals surface area contributed by atoms with Crippen LogP contribution in [-0.4, -0.2) is 11.5 Å². The van der Waals surface area contributed by atoms with Crippen molar-refractivity contribution in [1.29, 1.82) is 0 Å². The summed E-state index contributed by atoms with van der Waals surface area (Å²) in [6.45, 7) is 9.76. The van der Waals surface area contributed by atoms with E-state index in [1.54, 1.807) is 0 Å². The van der Waals surface area contributed by atoms with Gasteiger partial charge in [0, 0.05) is 29.1 Å². The molecule has 0 amide bonds. The van der Waals surface area contributed by atoms with Gasteiger partial charge in [-0.3, -0.25) is 4.98 Å². The van der Waals surface area contributed by atoms with Crippen LogP contribution in [0.4, 0.5) is 5.69 Å². The molecule has 0 fully saturated rings. The van der Waals surface area contributed by atoms with E-state index in [0.717, 1.165) is 23.7 Å². The molecule has 0 bridgehead atoms. The second-order valence-electron chi connectivity index (χ2n) is 6.13. The first-order valence-electron chi connectivity index (χ1n) is 7.41. The van der Waals surface area contributed by atoms with E-state index in [9.17, 15) is 0 Å². The van der Waals surface area contributed by atoms with E-state index < -0.39 is 0 Å². The van der Waals surface area contributed by atoms with Crippen LogP contribution in [0.25, 0.3) is 0 Å². The Balaban J connectivity index is 1.98. The van der Waals surface area contributed by atoms with Crippen molar-refractivity contribution in [3.05, 3.63) is 53.9 Å². The average molecular weight is 300 g/mol. The van der Waals surface area contributed by atoms with Crippen LogP contribution in [0.15, 0.2) is 47.5 Å². The zero-order valence-electron chi connectivity index (χ0n) is 13.3. The van der Waals surface area contributed by atoms with Gasteiger partial charge in [0.05, 0.1) is 5.69 Å². The predicted molar refractivity (Wildman–Crippen MR) is 93.1 cm³/mol. The molecule has 1 aromatic heterocycles. The molecule has 2 rings (SSSR count). The van der Waals surface area contributed by atoms with E-state index in [-0.39, 0.29) is 5.41 Å². The largest absolute Gasteiger partial charge is 0.385 e. The van der Waals surface area contributed by atoms with Crippen molar-refractivity contribution in [2.75, 3.05) is 11.9 Å². The van der Waals surface area contributed by atoms with Gasteiger partial charge in [-0.1, -0.05) is 32.9 Å². The van der Waals surface area contributed by atoms with E-state index in [4.69, 9.17) is 0 Å². The minimum Gasteiger partial charge on any atom is -0.385 e. The first-order chi connectivity index (χ1) is 9.99. The quantitative estimate of drug-likeness (QED) is 0.777. The Morgan fingerprint density at radius 1 is 1.10 bits per heavy atom. The summed E-state index contributed by atoms with van der Waals surface area (Å²) in [5.41, 5.74) is 3.84. The lowest BCUT2D eigenvalue weighted by Gasteiger charge is -2.19. The van der Waals surface area contributed by atoms with Crippen LogP contribution in [-0.2, 0) is 11.2 Å². The highest BCUT2D eigenvalue weighted by atomic mass is 32.2. The second-order valence-corrected chi connectivity index (χ2v) is 7.18. The van der Waals surface area contributed by atoms with Gasteiger partial charge in [0.1, 0.15) is 0 Å². The van der Waals surface area contributed by atoms with Gasteiger partial charge >= 0.3 is 0 Å². The first-order valence-corrected chi connectivity index (χ1v) is 8.40. The Labute approximate surface area is 132 Å².